The predicted octanol–water partition coefficient (Wildman–Crippen LogP) is 6.52. The van der Waals surface area contributed by atoms with Gasteiger partial charge >= 0.3 is 0 Å². The number of likely N-dealkylation sites (tertiary alicyclic amines) is 1. The number of aldehydes is 1. The van der Waals surface area contributed by atoms with Gasteiger partial charge in [-0.15, -0.1) is 11.3 Å². The fourth-order valence-corrected chi connectivity index (χ4v) is 5.55. The topological polar surface area (TPSA) is 29.5 Å². The number of hydrogen-bond acceptors (Lipinski definition) is 4. The first-order valence-corrected chi connectivity index (χ1v) is 11.9. The number of carbonyl (C=O) groups is 1. The third kappa shape index (κ3) is 4.51. The molecule has 0 amide bonds. The van der Waals surface area contributed by atoms with E-state index in [9.17, 15) is 4.79 Å². The fourth-order valence-electron chi connectivity index (χ4n) is 4.66. The van der Waals surface area contributed by atoms with E-state index >= 15 is 0 Å². The lowest BCUT2D eigenvalue weighted by Gasteiger charge is -2.32. The van der Waals surface area contributed by atoms with E-state index in [-0.39, 0.29) is 0 Å². The van der Waals surface area contributed by atoms with E-state index in [0.29, 0.717) is 12.5 Å². The molecule has 0 saturated carbocycles. The zero-order valence-corrected chi connectivity index (χ0v) is 18.4. The summed E-state index contributed by atoms with van der Waals surface area (Å²) in [5.74, 6) is 1.55. The lowest BCUT2D eigenvalue weighted by molar-refractivity contribution is 0.112. The second kappa shape index (κ2) is 9.21. The Morgan fingerprint density at radius 3 is 2.65 bits per heavy atom. The number of rotatable bonds is 7. The van der Waals surface area contributed by atoms with E-state index in [1.807, 2.05) is 24.3 Å². The Balaban J connectivity index is 1.10. The van der Waals surface area contributed by atoms with Crippen LogP contribution in [0, 0.1) is 0 Å². The molecule has 3 aromatic carbocycles. The molecule has 3 nitrogen and oxygen atoms in total. The molecule has 1 aliphatic rings. The third-order valence-electron chi connectivity index (χ3n) is 6.37. The zero-order valence-electron chi connectivity index (χ0n) is 17.6. The van der Waals surface area contributed by atoms with Gasteiger partial charge in [0.05, 0.1) is 11.5 Å². The zero-order chi connectivity index (χ0) is 21.0. The summed E-state index contributed by atoms with van der Waals surface area (Å²) in [6.07, 6.45) is 4.38. The summed E-state index contributed by atoms with van der Waals surface area (Å²) in [5.41, 5.74) is 1.49. The summed E-state index contributed by atoms with van der Waals surface area (Å²) in [7, 11) is 0. The van der Waals surface area contributed by atoms with E-state index in [0.717, 1.165) is 53.1 Å². The molecule has 5 rings (SSSR count). The molecule has 1 aliphatic heterocycles. The standard InChI is InChI=1S/C27H27NO2S/c29-19-24-18-25-26(7-3-8-27(25)31-24)30-16-4-13-28-14-11-21(12-15-28)23-10-9-20-5-1-2-6-22(20)17-23/h1-3,5-10,17-19,21H,4,11-16H2. The molecule has 0 radical (unpaired) electrons. The lowest BCUT2D eigenvalue weighted by Crippen LogP contribution is -2.34. The Labute approximate surface area is 187 Å². The Hall–Kier alpha value is -2.69. The maximum atomic E-state index is 11.1. The molecule has 0 N–H and O–H groups in total. The van der Waals surface area contributed by atoms with E-state index in [1.165, 1.54) is 40.5 Å². The molecular formula is C27H27NO2S. The molecule has 0 atom stereocenters. The summed E-state index contributed by atoms with van der Waals surface area (Å²) in [6.45, 7) is 4.08. The second-order valence-corrected chi connectivity index (χ2v) is 9.47. The van der Waals surface area contributed by atoms with Crippen molar-refractivity contribution in [1.82, 2.24) is 4.90 Å². The molecule has 0 spiro atoms. The Morgan fingerprint density at radius 2 is 1.81 bits per heavy atom. The van der Waals surface area contributed by atoms with Crippen LogP contribution in [0.3, 0.4) is 0 Å². The molecular weight excluding hydrogens is 402 g/mol. The fraction of sp³-hybridized carbons (Fsp3) is 0.296. The van der Waals surface area contributed by atoms with Gasteiger partial charge in [0.2, 0.25) is 0 Å². The van der Waals surface area contributed by atoms with Crippen molar-refractivity contribution in [3.8, 4) is 5.75 Å². The van der Waals surface area contributed by atoms with Crippen molar-refractivity contribution in [1.29, 1.82) is 0 Å². The Bertz CT molecular complexity index is 1190. The summed E-state index contributed by atoms with van der Waals surface area (Å²) >= 11 is 1.52. The number of hydrogen-bond donors (Lipinski definition) is 0. The van der Waals surface area contributed by atoms with Gasteiger partial charge in [-0.25, -0.2) is 0 Å². The monoisotopic (exact) mass is 429 g/mol. The Morgan fingerprint density at radius 1 is 0.968 bits per heavy atom. The SMILES string of the molecule is O=Cc1cc2c(OCCCN3CCC(c4ccc5ccccc5c4)CC3)cccc2s1. The Kier molecular flexibility index (Phi) is 6.01. The highest BCUT2D eigenvalue weighted by Crippen LogP contribution is 2.33. The molecule has 0 bridgehead atoms. The van der Waals surface area contributed by atoms with Gasteiger partial charge in [-0.05, 0) is 72.8 Å². The van der Waals surface area contributed by atoms with Crippen LogP contribution in [0.1, 0.15) is 40.4 Å². The van der Waals surface area contributed by atoms with Crippen molar-refractivity contribution >= 4 is 38.5 Å². The number of thiophene rings is 1. The van der Waals surface area contributed by atoms with Crippen LogP contribution in [0.25, 0.3) is 20.9 Å². The highest BCUT2D eigenvalue weighted by atomic mass is 32.1. The molecule has 1 aromatic heterocycles. The number of nitrogens with zero attached hydrogens (tertiary/aromatic N) is 1. The molecule has 2 heterocycles. The smallest absolute Gasteiger partial charge is 0.160 e. The van der Waals surface area contributed by atoms with E-state index in [4.69, 9.17) is 4.74 Å². The molecule has 1 saturated heterocycles. The van der Waals surface area contributed by atoms with E-state index < -0.39 is 0 Å². The van der Waals surface area contributed by atoms with E-state index in [2.05, 4.69) is 47.4 Å². The van der Waals surface area contributed by atoms with Crippen molar-refractivity contribution in [3.63, 3.8) is 0 Å². The lowest BCUT2D eigenvalue weighted by atomic mass is 9.88. The van der Waals surface area contributed by atoms with Gasteiger partial charge in [-0.2, -0.15) is 0 Å². The summed E-state index contributed by atoms with van der Waals surface area (Å²) < 4.78 is 7.17. The number of fused-ring (bicyclic) bond motifs is 2. The molecule has 158 valence electrons. The minimum Gasteiger partial charge on any atom is -0.493 e. The normalized spacial score (nSPS) is 15.5. The van der Waals surface area contributed by atoms with Crippen LogP contribution in [-0.4, -0.2) is 37.4 Å². The minimum absolute atomic E-state index is 0.667. The molecule has 31 heavy (non-hydrogen) atoms. The summed E-state index contributed by atoms with van der Waals surface area (Å²) in [5, 5.41) is 3.72. The van der Waals surface area contributed by atoms with Crippen LogP contribution in [0.5, 0.6) is 5.75 Å². The average molecular weight is 430 g/mol. The van der Waals surface area contributed by atoms with Gasteiger partial charge in [-0.3, -0.25) is 4.79 Å². The molecule has 4 aromatic rings. The molecule has 4 heteroatoms. The summed E-state index contributed by atoms with van der Waals surface area (Å²) in [4.78, 5) is 14.4. The van der Waals surface area contributed by atoms with Crippen LogP contribution >= 0.6 is 11.3 Å². The third-order valence-corrected chi connectivity index (χ3v) is 7.39. The van der Waals surface area contributed by atoms with Crippen LogP contribution in [0.4, 0.5) is 0 Å². The maximum absolute atomic E-state index is 11.1. The van der Waals surface area contributed by atoms with Crippen LogP contribution in [0.15, 0.2) is 66.7 Å². The van der Waals surface area contributed by atoms with Crippen LogP contribution in [-0.2, 0) is 0 Å². The first-order chi connectivity index (χ1) is 15.3. The number of benzene rings is 3. The van der Waals surface area contributed by atoms with Crippen molar-refractivity contribution in [2.45, 2.75) is 25.2 Å². The van der Waals surface area contributed by atoms with Gasteiger partial charge in [0, 0.05) is 16.6 Å². The van der Waals surface area contributed by atoms with Crippen LogP contribution in [0.2, 0.25) is 0 Å². The van der Waals surface area contributed by atoms with Crippen molar-refractivity contribution in [2.75, 3.05) is 26.2 Å². The van der Waals surface area contributed by atoms with Gasteiger partial charge in [0.15, 0.2) is 6.29 Å². The van der Waals surface area contributed by atoms with E-state index in [1.54, 1.807) is 0 Å². The van der Waals surface area contributed by atoms with Gasteiger partial charge in [-0.1, -0.05) is 48.5 Å². The number of ether oxygens (including phenoxy) is 1. The number of piperidine rings is 1. The minimum atomic E-state index is 0.667. The predicted molar refractivity (Wildman–Crippen MR) is 130 cm³/mol. The quantitative estimate of drug-likeness (QED) is 0.248. The van der Waals surface area contributed by atoms with Crippen molar-refractivity contribution in [3.05, 3.63) is 77.2 Å². The highest BCUT2D eigenvalue weighted by Gasteiger charge is 2.20. The average Bonchev–Trinajstić information content (AvgIpc) is 3.26. The van der Waals surface area contributed by atoms with Crippen molar-refractivity contribution < 1.29 is 9.53 Å². The number of carbonyl (C=O) groups excluding carboxylic acids is 1. The van der Waals surface area contributed by atoms with Crippen molar-refractivity contribution in [2.24, 2.45) is 0 Å². The highest BCUT2D eigenvalue weighted by molar-refractivity contribution is 7.20. The molecule has 0 unspecified atom stereocenters. The molecule has 0 aliphatic carbocycles. The van der Waals surface area contributed by atoms with Crippen LogP contribution < -0.4 is 4.74 Å². The van der Waals surface area contributed by atoms with Gasteiger partial charge < -0.3 is 9.64 Å². The van der Waals surface area contributed by atoms with Gasteiger partial charge in [0.1, 0.15) is 5.75 Å². The summed E-state index contributed by atoms with van der Waals surface area (Å²) in [6, 6.07) is 23.6. The first kappa shape index (κ1) is 20.2. The first-order valence-electron chi connectivity index (χ1n) is 11.1. The van der Waals surface area contributed by atoms with Gasteiger partial charge in [0.25, 0.3) is 0 Å². The largest absolute Gasteiger partial charge is 0.493 e. The maximum Gasteiger partial charge on any atom is 0.160 e. The molecule has 1 fully saturated rings. The second-order valence-electron chi connectivity index (χ2n) is 8.36.